The third-order valence-electron chi connectivity index (χ3n) is 1.26. The van der Waals surface area contributed by atoms with Crippen LogP contribution in [0, 0.1) is 43.7 Å². The van der Waals surface area contributed by atoms with Crippen LogP contribution in [-0.2, 0) is 0 Å². The van der Waals surface area contributed by atoms with Crippen molar-refractivity contribution in [1.82, 2.24) is 0 Å². The molecule has 1 heteroatoms. The molecule has 0 nitrogen and oxygen atoms in total. The van der Waals surface area contributed by atoms with Crippen LogP contribution < -0.4 is 0 Å². The normalized spacial score (nSPS) is 13.1. The molecular weight excluding hydrogens is 184 g/mol. The van der Waals surface area contributed by atoms with Crippen LogP contribution in [-0.4, -0.2) is 0 Å². The average molecular weight is 206 g/mol. The molecule has 78 valence electrons. The molecule has 0 aromatic heterocycles. The van der Waals surface area contributed by atoms with Gasteiger partial charge in [0.25, 0.3) is 0 Å². The van der Waals surface area contributed by atoms with E-state index in [2.05, 4.69) is 44.7 Å². The van der Waals surface area contributed by atoms with Crippen molar-refractivity contribution >= 4 is 0 Å². The standard InChI is InChI=1S/C8H10.C3H8.CH4.Ar/c1-2-8-6-4-3-5-7-8;1-3-2;;/h2,4-8H,1,3H2;3H2,1-2H3;1H4;. The zero-order valence-corrected chi connectivity index (χ0v) is 8.65. The molecule has 0 unspecified atom stereocenters. The predicted molar refractivity (Wildman–Crippen MR) is 59.3 cm³/mol. The smallest absolute Gasteiger partial charge is 0.0125 e. The quantitative estimate of drug-likeness (QED) is 0.559. The van der Waals surface area contributed by atoms with Crippen LogP contribution in [0.25, 0.3) is 0 Å². The summed E-state index contributed by atoms with van der Waals surface area (Å²) in [5.41, 5.74) is 0. The van der Waals surface area contributed by atoms with Crippen LogP contribution in [0.15, 0.2) is 37.0 Å². The fraction of sp³-hybridized carbons (Fsp3) is 0.500. The van der Waals surface area contributed by atoms with Gasteiger partial charge in [-0.25, -0.2) is 0 Å². The maximum absolute atomic E-state index is 3.68. The van der Waals surface area contributed by atoms with Gasteiger partial charge < -0.3 is 0 Å². The molecule has 1 aliphatic rings. The number of allylic oxidation sites excluding steroid dienone is 5. The Balaban J connectivity index is -0.000000180. The molecular formula is C12H22Ar. The molecule has 0 heterocycles. The summed E-state index contributed by atoms with van der Waals surface area (Å²) in [7, 11) is 0. The number of rotatable bonds is 1. The van der Waals surface area contributed by atoms with Gasteiger partial charge in [-0.2, -0.15) is 0 Å². The average Bonchev–Trinajstić information content (AvgIpc) is 2.08. The molecule has 0 amide bonds. The molecule has 0 bridgehead atoms. The summed E-state index contributed by atoms with van der Waals surface area (Å²) in [5.74, 6) is 0.490. The van der Waals surface area contributed by atoms with Crippen LogP contribution >= 0.6 is 0 Å². The molecule has 1 aliphatic carbocycles. The van der Waals surface area contributed by atoms with Crippen LogP contribution in [0.3, 0.4) is 0 Å². The maximum Gasteiger partial charge on any atom is 0.0125 e. The molecule has 0 fully saturated rings. The molecule has 0 aromatic carbocycles. The molecule has 0 atom stereocenters. The summed E-state index contributed by atoms with van der Waals surface area (Å²) >= 11 is 0. The van der Waals surface area contributed by atoms with Crippen LogP contribution in [0.4, 0.5) is 0 Å². The van der Waals surface area contributed by atoms with Crippen molar-refractivity contribution < 1.29 is 37.7 Å². The van der Waals surface area contributed by atoms with Gasteiger partial charge in [-0.15, -0.1) is 6.58 Å². The Kier molecular flexibility index (Phi) is 22.0. The second-order valence-electron chi connectivity index (χ2n) is 2.61. The van der Waals surface area contributed by atoms with E-state index in [0.29, 0.717) is 5.92 Å². The van der Waals surface area contributed by atoms with Gasteiger partial charge in [0.15, 0.2) is 0 Å². The van der Waals surface area contributed by atoms with E-state index in [4.69, 9.17) is 0 Å². The topological polar surface area (TPSA) is 0 Å². The summed E-state index contributed by atoms with van der Waals surface area (Å²) in [6.45, 7) is 7.93. The second kappa shape index (κ2) is 15.0. The minimum Gasteiger partial charge on any atom is -0.102 e. The molecule has 0 saturated heterocycles. The van der Waals surface area contributed by atoms with Crippen molar-refractivity contribution in [1.29, 1.82) is 0 Å². The van der Waals surface area contributed by atoms with E-state index in [1.807, 2.05) is 6.08 Å². The third kappa shape index (κ3) is 12.5. The zero-order valence-electron chi connectivity index (χ0n) is 7.94. The van der Waals surface area contributed by atoms with Crippen molar-refractivity contribution in [3.8, 4) is 0 Å². The van der Waals surface area contributed by atoms with Crippen LogP contribution in [0.2, 0.25) is 0 Å². The minimum atomic E-state index is 0. The summed E-state index contributed by atoms with van der Waals surface area (Å²) in [5, 5.41) is 0. The molecule has 1 rings (SSSR count). The van der Waals surface area contributed by atoms with E-state index < -0.39 is 0 Å². The number of hydrogen-bond donors (Lipinski definition) is 0. The molecule has 0 aliphatic heterocycles. The maximum atomic E-state index is 3.68. The van der Waals surface area contributed by atoms with Crippen molar-refractivity contribution in [2.75, 3.05) is 0 Å². The predicted octanol–water partition coefficient (Wildman–Crippen LogP) is 4.36. The SMILES string of the molecule is C.C=CC1C=CCC=C1.CCC.[Ar]. The monoisotopic (exact) mass is 206 g/mol. The second-order valence-corrected chi connectivity index (χ2v) is 2.61. The Hall–Kier alpha value is 0.480. The van der Waals surface area contributed by atoms with Crippen LogP contribution in [0.1, 0.15) is 34.1 Å². The van der Waals surface area contributed by atoms with E-state index in [0.717, 1.165) is 6.42 Å². The zero-order chi connectivity index (χ0) is 8.53. The Morgan fingerprint density at radius 3 is 1.92 bits per heavy atom. The van der Waals surface area contributed by atoms with Gasteiger partial charge in [0.2, 0.25) is 0 Å². The molecule has 0 radical (unpaired) electrons. The summed E-state index contributed by atoms with van der Waals surface area (Å²) in [4.78, 5) is 0. The molecule has 0 aromatic rings. The first-order valence-electron chi connectivity index (χ1n) is 4.31. The first kappa shape index (κ1) is 19.1. The third-order valence-corrected chi connectivity index (χ3v) is 1.26. The molecule has 13 heavy (non-hydrogen) atoms. The fourth-order valence-corrected chi connectivity index (χ4v) is 0.771. The van der Waals surface area contributed by atoms with E-state index in [1.165, 1.54) is 6.42 Å². The summed E-state index contributed by atoms with van der Waals surface area (Å²) in [6, 6.07) is 0. The first-order chi connectivity index (χ1) is 5.35. The molecule has 0 spiro atoms. The van der Waals surface area contributed by atoms with Gasteiger partial charge in [0.1, 0.15) is 0 Å². The molecule has 0 N–H and O–H groups in total. The Morgan fingerprint density at radius 1 is 1.31 bits per heavy atom. The van der Waals surface area contributed by atoms with E-state index in [1.54, 1.807) is 0 Å². The van der Waals surface area contributed by atoms with Crippen molar-refractivity contribution in [3.63, 3.8) is 0 Å². The summed E-state index contributed by atoms with van der Waals surface area (Å²) in [6.07, 6.45) is 12.9. The van der Waals surface area contributed by atoms with Gasteiger partial charge in [0.05, 0.1) is 0 Å². The Labute approximate surface area is 114 Å². The minimum absolute atomic E-state index is 0. The Morgan fingerprint density at radius 2 is 1.69 bits per heavy atom. The van der Waals surface area contributed by atoms with Crippen molar-refractivity contribution in [2.24, 2.45) is 5.92 Å². The van der Waals surface area contributed by atoms with Crippen LogP contribution in [0.5, 0.6) is 0 Å². The van der Waals surface area contributed by atoms with Gasteiger partial charge >= 0.3 is 0 Å². The fourth-order valence-electron chi connectivity index (χ4n) is 0.771. The molecule has 0 saturated carbocycles. The van der Waals surface area contributed by atoms with E-state index in [-0.39, 0.29) is 45.2 Å². The van der Waals surface area contributed by atoms with Gasteiger partial charge in [-0.1, -0.05) is 58.1 Å². The van der Waals surface area contributed by atoms with Crippen molar-refractivity contribution in [3.05, 3.63) is 37.0 Å². The van der Waals surface area contributed by atoms with Gasteiger partial charge in [-0.05, 0) is 6.42 Å². The van der Waals surface area contributed by atoms with Gasteiger partial charge in [-0.3, -0.25) is 0 Å². The van der Waals surface area contributed by atoms with E-state index >= 15 is 0 Å². The largest absolute Gasteiger partial charge is 0.102 e. The van der Waals surface area contributed by atoms with Crippen molar-refractivity contribution in [2.45, 2.75) is 34.1 Å². The summed E-state index contributed by atoms with van der Waals surface area (Å²) < 4.78 is 0. The Bertz CT molecular complexity index is 133. The number of hydrogen-bond acceptors (Lipinski definition) is 0. The van der Waals surface area contributed by atoms with E-state index in [9.17, 15) is 0 Å². The van der Waals surface area contributed by atoms with Gasteiger partial charge in [0, 0.05) is 43.7 Å². The first-order valence-corrected chi connectivity index (χ1v) is 4.31.